The van der Waals surface area contributed by atoms with Crippen LogP contribution in [0.3, 0.4) is 0 Å². The molecule has 110 valence electrons. The summed E-state index contributed by atoms with van der Waals surface area (Å²) in [6, 6.07) is 13.7. The van der Waals surface area contributed by atoms with Gasteiger partial charge in [0.2, 0.25) is 0 Å². The third-order valence-electron chi connectivity index (χ3n) is 2.90. The summed E-state index contributed by atoms with van der Waals surface area (Å²) in [5.74, 6) is 0.00135. The van der Waals surface area contributed by atoms with Crippen molar-refractivity contribution in [3.8, 4) is 5.75 Å². The predicted molar refractivity (Wildman–Crippen MR) is 90.4 cm³/mol. The highest BCUT2D eigenvalue weighted by Gasteiger charge is 2.23. The molecule has 0 spiro atoms. The number of hydrogen-bond acceptors (Lipinski definition) is 4. The lowest BCUT2D eigenvalue weighted by atomic mass is 10.2. The Kier molecular flexibility index (Phi) is 4.18. The zero-order chi connectivity index (χ0) is 15.5. The van der Waals surface area contributed by atoms with Gasteiger partial charge in [0.1, 0.15) is 5.75 Å². The first kappa shape index (κ1) is 14.7. The van der Waals surface area contributed by atoms with Crippen molar-refractivity contribution in [2.45, 2.75) is 0 Å². The van der Waals surface area contributed by atoms with Crippen LogP contribution in [0, 0.1) is 0 Å². The van der Waals surface area contributed by atoms with E-state index in [4.69, 9.17) is 11.6 Å². The molecule has 0 aliphatic carbocycles. The smallest absolute Gasteiger partial charge is 0.264 e. The SMILES string of the molecule is O=C1NC(=Nc2ccc(Cl)cc2)S/C1=C/c1ccc(O)cc1. The molecular formula is C16H11ClN2O2S. The van der Waals surface area contributed by atoms with Crippen LogP contribution in [-0.2, 0) is 4.79 Å². The van der Waals surface area contributed by atoms with Crippen LogP contribution in [0.15, 0.2) is 58.4 Å². The zero-order valence-electron chi connectivity index (χ0n) is 11.3. The third kappa shape index (κ3) is 3.50. The van der Waals surface area contributed by atoms with Gasteiger partial charge >= 0.3 is 0 Å². The zero-order valence-corrected chi connectivity index (χ0v) is 12.9. The lowest BCUT2D eigenvalue weighted by Gasteiger charge is -1.96. The summed E-state index contributed by atoms with van der Waals surface area (Å²) in [6.07, 6.45) is 1.75. The molecule has 1 fully saturated rings. The Morgan fingerprint density at radius 1 is 1.09 bits per heavy atom. The van der Waals surface area contributed by atoms with Gasteiger partial charge in [0.25, 0.3) is 5.91 Å². The number of amides is 1. The highest BCUT2D eigenvalue weighted by atomic mass is 35.5. The van der Waals surface area contributed by atoms with Gasteiger partial charge in [0.05, 0.1) is 10.6 Å². The van der Waals surface area contributed by atoms with E-state index >= 15 is 0 Å². The first-order valence-corrected chi connectivity index (χ1v) is 7.64. The molecule has 0 aromatic heterocycles. The quantitative estimate of drug-likeness (QED) is 0.820. The van der Waals surface area contributed by atoms with Crippen LogP contribution in [0.25, 0.3) is 6.08 Å². The van der Waals surface area contributed by atoms with E-state index in [9.17, 15) is 9.90 Å². The summed E-state index contributed by atoms with van der Waals surface area (Å²) in [4.78, 5) is 16.9. The molecule has 0 saturated carbocycles. The van der Waals surface area contributed by atoms with Gasteiger partial charge in [-0.1, -0.05) is 23.7 Å². The summed E-state index contributed by atoms with van der Waals surface area (Å²) in [5, 5.41) is 13.1. The Morgan fingerprint density at radius 3 is 2.45 bits per heavy atom. The van der Waals surface area contributed by atoms with Crippen molar-refractivity contribution in [3.05, 3.63) is 64.0 Å². The van der Waals surface area contributed by atoms with Crippen LogP contribution in [-0.4, -0.2) is 16.2 Å². The second-order valence-corrected chi connectivity index (χ2v) is 6.02. The predicted octanol–water partition coefficient (Wildman–Crippen LogP) is 3.94. The molecule has 2 aromatic carbocycles. The molecule has 2 N–H and O–H groups in total. The number of thioether (sulfide) groups is 1. The number of hydrogen-bond donors (Lipinski definition) is 2. The maximum Gasteiger partial charge on any atom is 0.264 e. The number of carbonyl (C=O) groups is 1. The highest BCUT2D eigenvalue weighted by Crippen LogP contribution is 2.28. The number of halogens is 1. The number of benzene rings is 2. The number of amidine groups is 1. The normalized spacial score (nSPS) is 18.0. The third-order valence-corrected chi connectivity index (χ3v) is 4.06. The lowest BCUT2D eigenvalue weighted by molar-refractivity contribution is -0.115. The maximum atomic E-state index is 11.9. The second-order valence-electron chi connectivity index (χ2n) is 4.55. The minimum absolute atomic E-state index is 0.189. The fourth-order valence-corrected chi connectivity index (χ4v) is 2.80. The van der Waals surface area contributed by atoms with E-state index in [0.717, 1.165) is 11.3 Å². The Hall–Kier alpha value is -2.24. The molecule has 1 heterocycles. The molecule has 6 heteroatoms. The fourth-order valence-electron chi connectivity index (χ4n) is 1.84. The van der Waals surface area contributed by atoms with Crippen molar-refractivity contribution in [1.82, 2.24) is 5.32 Å². The number of nitrogens with one attached hydrogen (secondary N) is 1. The van der Waals surface area contributed by atoms with Crippen LogP contribution in [0.1, 0.15) is 5.56 Å². The Balaban J connectivity index is 1.80. The highest BCUT2D eigenvalue weighted by molar-refractivity contribution is 8.18. The summed E-state index contributed by atoms with van der Waals surface area (Å²) in [7, 11) is 0. The number of aliphatic imine (C=N–C) groups is 1. The molecule has 1 aliphatic rings. The van der Waals surface area contributed by atoms with E-state index < -0.39 is 0 Å². The molecule has 1 saturated heterocycles. The summed E-state index contributed by atoms with van der Waals surface area (Å²) < 4.78 is 0. The minimum atomic E-state index is -0.189. The number of nitrogens with zero attached hydrogens (tertiary/aromatic N) is 1. The average Bonchev–Trinajstić information content (AvgIpc) is 2.84. The Morgan fingerprint density at radius 2 is 1.77 bits per heavy atom. The van der Waals surface area contributed by atoms with Crippen molar-refractivity contribution in [1.29, 1.82) is 0 Å². The van der Waals surface area contributed by atoms with Crippen molar-refractivity contribution in [2.75, 3.05) is 0 Å². The largest absolute Gasteiger partial charge is 0.508 e. The van der Waals surface area contributed by atoms with Gasteiger partial charge in [-0.05, 0) is 59.8 Å². The average molecular weight is 331 g/mol. The molecule has 22 heavy (non-hydrogen) atoms. The van der Waals surface area contributed by atoms with Crippen molar-refractivity contribution in [2.24, 2.45) is 4.99 Å². The van der Waals surface area contributed by atoms with Crippen molar-refractivity contribution >= 4 is 46.2 Å². The summed E-state index contributed by atoms with van der Waals surface area (Å²) in [5.41, 5.74) is 1.56. The molecule has 2 aromatic rings. The van der Waals surface area contributed by atoms with Gasteiger partial charge in [-0.25, -0.2) is 4.99 Å². The van der Waals surface area contributed by atoms with E-state index in [1.165, 1.54) is 11.8 Å². The van der Waals surface area contributed by atoms with E-state index in [0.29, 0.717) is 15.1 Å². The molecule has 1 aliphatic heterocycles. The van der Waals surface area contributed by atoms with Gasteiger partial charge in [-0.2, -0.15) is 0 Å². The van der Waals surface area contributed by atoms with Gasteiger partial charge < -0.3 is 10.4 Å². The number of aromatic hydroxyl groups is 1. The molecule has 4 nitrogen and oxygen atoms in total. The number of carbonyl (C=O) groups excluding carboxylic acids is 1. The molecular weight excluding hydrogens is 320 g/mol. The molecule has 0 bridgehead atoms. The van der Waals surface area contributed by atoms with Crippen LogP contribution in [0.4, 0.5) is 5.69 Å². The Labute approximate surface area is 136 Å². The standard InChI is InChI=1S/C16H11ClN2O2S/c17-11-3-5-12(6-4-11)18-16-19-15(21)14(22-16)9-10-1-7-13(20)8-2-10/h1-9,20H,(H,18,19,21)/b14-9+. The van der Waals surface area contributed by atoms with Crippen LogP contribution in [0.5, 0.6) is 5.75 Å². The first-order valence-electron chi connectivity index (χ1n) is 6.44. The van der Waals surface area contributed by atoms with Gasteiger partial charge in [-0.3, -0.25) is 4.79 Å². The van der Waals surface area contributed by atoms with Gasteiger partial charge in [-0.15, -0.1) is 0 Å². The summed E-state index contributed by atoms with van der Waals surface area (Å²) >= 11 is 7.10. The molecule has 0 unspecified atom stereocenters. The topological polar surface area (TPSA) is 61.7 Å². The van der Waals surface area contributed by atoms with Gasteiger partial charge in [0.15, 0.2) is 5.17 Å². The number of phenolic OH excluding ortho intramolecular Hbond substituents is 1. The number of phenols is 1. The van der Waals surface area contributed by atoms with E-state index in [1.807, 2.05) is 0 Å². The monoisotopic (exact) mass is 330 g/mol. The fraction of sp³-hybridized carbons (Fsp3) is 0. The molecule has 3 rings (SSSR count). The molecule has 1 amide bonds. The minimum Gasteiger partial charge on any atom is -0.508 e. The van der Waals surface area contributed by atoms with Gasteiger partial charge in [0, 0.05) is 5.02 Å². The van der Waals surface area contributed by atoms with E-state index in [1.54, 1.807) is 54.6 Å². The van der Waals surface area contributed by atoms with Crippen LogP contribution in [0.2, 0.25) is 5.02 Å². The second kappa shape index (κ2) is 6.25. The van der Waals surface area contributed by atoms with E-state index in [2.05, 4.69) is 10.3 Å². The van der Waals surface area contributed by atoms with Crippen molar-refractivity contribution in [3.63, 3.8) is 0 Å². The maximum absolute atomic E-state index is 11.9. The molecule has 0 atom stereocenters. The van der Waals surface area contributed by atoms with E-state index in [-0.39, 0.29) is 11.7 Å². The first-order chi connectivity index (χ1) is 10.6. The van der Waals surface area contributed by atoms with Crippen molar-refractivity contribution < 1.29 is 9.90 Å². The number of rotatable bonds is 2. The van der Waals surface area contributed by atoms with Crippen LogP contribution < -0.4 is 5.32 Å². The molecule has 0 radical (unpaired) electrons. The summed E-state index contributed by atoms with van der Waals surface area (Å²) in [6.45, 7) is 0. The lowest BCUT2D eigenvalue weighted by Crippen LogP contribution is -2.19. The van der Waals surface area contributed by atoms with Crippen LogP contribution >= 0.6 is 23.4 Å². The Bertz CT molecular complexity index is 768.